The van der Waals surface area contributed by atoms with Crippen molar-refractivity contribution in [1.82, 2.24) is 0 Å². The van der Waals surface area contributed by atoms with Crippen LogP contribution in [-0.2, 0) is 0 Å². The van der Waals surface area contributed by atoms with E-state index in [2.05, 4.69) is 0 Å². The molecule has 15 heavy (non-hydrogen) atoms. The molecule has 82 valence electrons. The Morgan fingerprint density at radius 2 is 2.13 bits per heavy atom. The number of benzene rings is 1. The van der Waals surface area contributed by atoms with E-state index in [-0.39, 0.29) is 5.82 Å². The average molecular weight is 210 g/mol. The number of carbonyl (C=O) groups is 1. The lowest BCUT2D eigenvalue weighted by atomic mass is 10.1. The summed E-state index contributed by atoms with van der Waals surface area (Å²) in [5, 5.41) is 0. The summed E-state index contributed by atoms with van der Waals surface area (Å²) in [4.78, 5) is 10.7. The lowest BCUT2D eigenvalue weighted by Gasteiger charge is -2.11. The van der Waals surface area contributed by atoms with Gasteiger partial charge in [-0.25, -0.2) is 4.39 Å². The van der Waals surface area contributed by atoms with Gasteiger partial charge in [-0.15, -0.1) is 0 Å². The summed E-state index contributed by atoms with van der Waals surface area (Å²) < 4.78 is 18.6. The molecule has 0 radical (unpaired) electrons. The summed E-state index contributed by atoms with van der Waals surface area (Å²) in [7, 11) is 0. The fourth-order valence-electron chi connectivity index (χ4n) is 1.16. The van der Waals surface area contributed by atoms with Gasteiger partial charge in [-0.2, -0.15) is 0 Å². The molecular weight excluding hydrogens is 195 g/mol. The second-order valence-electron chi connectivity index (χ2n) is 3.96. The standard InChI is InChI=1S/C12H15FO2/c1-8(2)7-15-12-5-11(13)9(3)4-10(12)6-14/h4-6,8H,7H2,1-3H3. The maximum atomic E-state index is 13.2. The van der Waals surface area contributed by atoms with E-state index in [4.69, 9.17) is 4.74 Å². The van der Waals surface area contributed by atoms with Crippen molar-refractivity contribution >= 4 is 6.29 Å². The van der Waals surface area contributed by atoms with E-state index in [1.807, 2.05) is 13.8 Å². The Labute approximate surface area is 89.1 Å². The minimum absolute atomic E-state index is 0.321. The summed E-state index contributed by atoms with van der Waals surface area (Å²) in [6, 6.07) is 2.76. The Bertz CT molecular complexity index is 359. The highest BCUT2D eigenvalue weighted by Crippen LogP contribution is 2.21. The highest BCUT2D eigenvalue weighted by molar-refractivity contribution is 5.79. The number of aldehydes is 1. The Hall–Kier alpha value is -1.38. The zero-order valence-electron chi connectivity index (χ0n) is 9.21. The number of aryl methyl sites for hydroxylation is 1. The SMILES string of the molecule is Cc1cc(C=O)c(OCC(C)C)cc1F. The Balaban J connectivity index is 2.94. The molecule has 0 aliphatic rings. The lowest BCUT2D eigenvalue weighted by molar-refractivity contribution is 0.111. The number of carbonyl (C=O) groups excluding carboxylic acids is 1. The molecule has 1 rings (SSSR count). The lowest BCUT2D eigenvalue weighted by Crippen LogP contribution is -2.06. The van der Waals surface area contributed by atoms with E-state index < -0.39 is 0 Å². The molecule has 0 amide bonds. The first-order valence-corrected chi connectivity index (χ1v) is 4.92. The van der Waals surface area contributed by atoms with Gasteiger partial charge >= 0.3 is 0 Å². The number of hydrogen-bond acceptors (Lipinski definition) is 2. The van der Waals surface area contributed by atoms with Crippen LogP contribution in [0.25, 0.3) is 0 Å². The predicted molar refractivity (Wildman–Crippen MR) is 56.9 cm³/mol. The van der Waals surface area contributed by atoms with E-state index in [0.717, 1.165) is 0 Å². The normalized spacial score (nSPS) is 10.5. The van der Waals surface area contributed by atoms with E-state index in [1.165, 1.54) is 12.1 Å². The van der Waals surface area contributed by atoms with Crippen molar-refractivity contribution in [3.05, 3.63) is 29.1 Å². The van der Waals surface area contributed by atoms with Crippen molar-refractivity contribution in [3.63, 3.8) is 0 Å². The number of rotatable bonds is 4. The molecule has 2 nitrogen and oxygen atoms in total. The predicted octanol–water partition coefficient (Wildman–Crippen LogP) is 2.98. The zero-order valence-corrected chi connectivity index (χ0v) is 9.21. The first kappa shape index (κ1) is 11.7. The highest BCUT2D eigenvalue weighted by Gasteiger charge is 2.08. The van der Waals surface area contributed by atoms with Gasteiger partial charge < -0.3 is 4.74 Å². The molecule has 0 spiro atoms. The van der Waals surface area contributed by atoms with Crippen molar-refractivity contribution < 1.29 is 13.9 Å². The molecule has 0 unspecified atom stereocenters. The van der Waals surface area contributed by atoms with Crippen LogP contribution in [0.15, 0.2) is 12.1 Å². The van der Waals surface area contributed by atoms with Crippen molar-refractivity contribution in [2.75, 3.05) is 6.61 Å². The third-order valence-corrected chi connectivity index (χ3v) is 1.99. The number of hydrogen-bond donors (Lipinski definition) is 0. The summed E-state index contributed by atoms with van der Waals surface area (Å²) >= 11 is 0. The minimum Gasteiger partial charge on any atom is -0.492 e. The van der Waals surface area contributed by atoms with Gasteiger partial charge in [0.15, 0.2) is 6.29 Å². The van der Waals surface area contributed by atoms with Crippen molar-refractivity contribution in [2.45, 2.75) is 20.8 Å². The third kappa shape index (κ3) is 3.05. The Morgan fingerprint density at radius 1 is 1.47 bits per heavy atom. The fraction of sp³-hybridized carbons (Fsp3) is 0.417. The van der Waals surface area contributed by atoms with Gasteiger partial charge in [-0.1, -0.05) is 13.8 Å². The Morgan fingerprint density at radius 3 is 2.67 bits per heavy atom. The van der Waals surface area contributed by atoms with Gasteiger partial charge in [0.2, 0.25) is 0 Å². The monoisotopic (exact) mass is 210 g/mol. The highest BCUT2D eigenvalue weighted by atomic mass is 19.1. The summed E-state index contributed by atoms with van der Waals surface area (Å²) in [6.45, 7) is 6.08. The van der Waals surface area contributed by atoms with Crippen LogP contribution in [0.4, 0.5) is 4.39 Å². The summed E-state index contributed by atoms with van der Waals surface area (Å²) in [5.41, 5.74) is 0.851. The van der Waals surface area contributed by atoms with Gasteiger partial charge in [0.05, 0.1) is 12.2 Å². The molecule has 0 aliphatic heterocycles. The quantitative estimate of drug-likeness (QED) is 0.714. The molecule has 0 atom stereocenters. The molecule has 3 heteroatoms. The van der Waals surface area contributed by atoms with Crippen LogP contribution < -0.4 is 4.74 Å². The van der Waals surface area contributed by atoms with Crippen LogP contribution in [0.1, 0.15) is 29.8 Å². The fourth-order valence-corrected chi connectivity index (χ4v) is 1.16. The second-order valence-corrected chi connectivity index (χ2v) is 3.96. The Kier molecular flexibility index (Phi) is 3.83. The van der Waals surface area contributed by atoms with Gasteiger partial charge in [-0.3, -0.25) is 4.79 Å². The first-order valence-electron chi connectivity index (χ1n) is 4.92. The largest absolute Gasteiger partial charge is 0.492 e. The number of ether oxygens (including phenoxy) is 1. The maximum absolute atomic E-state index is 13.2. The van der Waals surface area contributed by atoms with Gasteiger partial charge in [-0.05, 0) is 24.5 Å². The molecular formula is C12H15FO2. The average Bonchev–Trinajstić information content (AvgIpc) is 2.19. The van der Waals surface area contributed by atoms with Crippen LogP contribution in [0, 0.1) is 18.7 Å². The van der Waals surface area contributed by atoms with E-state index in [0.29, 0.717) is 35.7 Å². The van der Waals surface area contributed by atoms with Crippen LogP contribution in [0.5, 0.6) is 5.75 Å². The van der Waals surface area contributed by atoms with Gasteiger partial charge in [0.25, 0.3) is 0 Å². The smallest absolute Gasteiger partial charge is 0.153 e. The molecule has 0 bridgehead atoms. The molecule has 0 fully saturated rings. The molecule has 1 aromatic carbocycles. The molecule has 0 N–H and O–H groups in total. The molecule has 0 saturated carbocycles. The van der Waals surface area contributed by atoms with Crippen LogP contribution in [0.3, 0.4) is 0 Å². The molecule has 0 saturated heterocycles. The third-order valence-electron chi connectivity index (χ3n) is 1.99. The molecule has 1 aromatic rings. The van der Waals surface area contributed by atoms with E-state index in [9.17, 15) is 9.18 Å². The van der Waals surface area contributed by atoms with Crippen LogP contribution in [-0.4, -0.2) is 12.9 Å². The second kappa shape index (κ2) is 4.91. The van der Waals surface area contributed by atoms with E-state index >= 15 is 0 Å². The van der Waals surface area contributed by atoms with Crippen molar-refractivity contribution in [3.8, 4) is 5.75 Å². The minimum atomic E-state index is -0.348. The maximum Gasteiger partial charge on any atom is 0.153 e. The topological polar surface area (TPSA) is 26.3 Å². The summed E-state index contributed by atoms with van der Waals surface area (Å²) in [5.74, 6) is 0.315. The summed E-state index contributed by atoms with van der Waals surface area (Å²) in [6.07, 6.45) is 0.683. The zero-order chi connectivity index (χ0) is 11.4. The van der Waals surface area contributed by atoms with E-state index in [1.54, 1.807) is 6.92 Å². The molecule has 0 aromatic heterocycles. The van der Waals surface area contributed by atoms with Crippen molar-refractivity contribution in [1.29, 1.82) is 0 Å². The van der Waals surface area contributed by atoms with Crippen molar-refractivity contribution in [2.24, 2.45) is 5.92 Å². The van der Waals surface area contributed by atoms with Crippen LogP contribution >= 0.6 is 0 Å². The van der Waals surface area contributed by atoms with Gasteiger partial charge in [0, 0.05) is 6.07 Å². The van der Waals surface area contributed by atoms with Crippen LogP contribution in [0.2, 0.25) is 0 Å². The van der Waals surface area contributed by atoms with Gasteiger partial charge in [0.1, 0.15) is 11.6 Å². The number of halogens is 1. The molecule has 0 aliphatic carbocycles. The first-order chi connectivity index (χ1) is 7.04. The molecule has 0 heterocycles.